The van der Waals surface area contributed by atoms with E-state index in [1.807, 2.05) is 0 Å². The van der Waals surface area contributed by atoms with Gasteiger partial charge in [0.2, 0.25) is 5.91 Å². The molecule has 0 heterocycles. The number of alkyl halides is 3. The van der Waals surface area contributed by atoms with Crippen LogP contribution in [0.25, 0.3) is 0 Å². The van der Waals surface area contributed by atoms with Crippen molar-refractivity contribution in [1.29, 1.82) is 0 Å². The number of rotatable bonds is 6. The van der Waals surface area contributed by atoms with Crippen molar-refractivity contribution >= 4 is 34.2 Å². The Hall–Kier alpha value is -0.830. The summed E-state index contributed by atoms with van der Waals surface area (Å²) in [4.78, 5) is 12.2. The molecule has 2 atom stereocenters. The van der Waals surface area contributed by atoms with Crippen molar-refractivity contribution in [2.24, 2.45) is 5.73 Å². The summed E-state index contributed by atoms with van der Waals surface area (Å²) in [5.41, 5.74) is 5.33. The molecule has 0 radical (unpaired) electrons. The lowest BCUT2D eigenvalue weighted by Crippen LogP contribution is -2.52. The van der Waals surface area contributed by atoms with Gasteiger partial charge in [-0.25, -0.2) is 0 Å². The van der Waals surface area contributed by atoms with Gasteiger partial charge in [0, 0.05) is 10.5 Å². The molecule has 0 saturated carbocycles. The Morgan fingerprint density at radius 3 is 2.35 bits per heavy atom. The maximum Gasteiger partial charge on any atom is 0.411 e. The smallest absolute Gasteiger partial charge is 0.370 e. The highest BCUT2D eigenvalue weighted by atomic mass is 79.9. The maximum atomic E-state index is 12.2. The van der Waals surface area contributed by atoms with E-state index in [1.165, 1.54) is 6.92 Å². The third-order valence-electron chi connectivity index (χ3n) is 2.93. The van der Waals surface area contributed by atoms with Gasteiger partial charge < -0.3 is 15.8 Å². The van der Waals surface area contributed by atoms with Crippen LogP contribution in [0.2, 0.25) is 0 Å². The number of benzene rings is 1. The quantitative estimate of drug-likeness (QED) is 0.745. The molecule has 0 aromatic heterocycles. The van der Waals surface area contributed by atoms with E-state index >= 15 is 0 Å². The van der Waals surface area contributed by atoms with Gasteiger partial charge in [-0.3, -0.25) is 4.79 Å². The van der Waals surface area contributed by atoms with Crippen molar-refractivity contribution < 1.29 is 22.7 Å². The Morgan fingerprint density at radius 2 is 1.87 bits per heavy atom. The number of carbonyl (C=O) groups excluding carboxylic acids is 1. The van der Waals surface area contributed by atoms with Crippen LogP contribution in [0.1, 0.15) is 19.4 Å². The lowest BCUT2D eigenvalue weighted by Gasteiger charge is -2.26. The molecule has 1 aromatic carbocycles. The van der Waals surface area contributed by atoms with Crippen molar-refractivity contribution in [1.82, 2.24) is 5.32 Å². The number of amides is 1. The molecule has 0 aliphatic heterocycles. The first-order valence-corrected chi connectivity index (χ1v) is 7.32. The SMILES string of the molecule is CC(COCC(F)(F)F)NC(=O)C(C)(N)c1ccc(Br)cc1.Cl. The van der Waals surface area contributed by atoms with E-state index < -0.39 is 30.3 Å². The summed E-state index contributed by atoms with van der Waals surface area (Å²) in [6.45, 7) is 1.49. The summed E-state index contributed by atoms with van der Waals surface area (Å²) in [5.74, 6) is -0.488. The highest BCUT2D eigenvalue weighted by molar-refractivity contribution is 9.10. The third kappa shape index (κ3) is 7.52. The minimum Gasteiger partial charge on any atom is -0.370 e. The largest absolute Gasteiger partial charge is 0.411 e. The van der Waals surface area contributed by atoms with E-state index in [-0.39, 0.29) is 19.0 Å². The van der Waals surface area contributed by atoms with E-state index in [0.717, 1.165) is 4.47 Å². The Labute approximate surface area is 147 Å². The first-order valence-electron chi connectivity index (χ1n) is 6.53. The Morgan fingerprint density at radius 1 is 1.35 bits per heavy atom. The predicted molar refractivity (Wildman–Crippen MR) is 87.4 cm³/mol. The molecule has 3 N–H and O–H groups in total. The molecule has 0 saturated heterocycles. The fourth-order valence-corrected chi connectivity index (χ4v) is 1.96. The second-order valence-corrected chi connectivity index (χ2v) is 6.13. The molecular formula is C14H19BrClF3N2O2. The van der Waals surface area contributed by atoms with Crippen LogP contribution in [0.15, 0.2) is 28.7 Å². The van der Waals surface area contributed by atoms with E-state index in [2.05, 4.69) is 26.0 Å². The molecule has 0 aliphatic rings. The first kappa shape index (κ1) is 22.2. The van der Waals surface area contributed by atoms with Crippen molar-refractivity contribution in [3.8, 4) is 0 Å². The standard InChI is InChI=1S/C14H18BrF3N2O2.ClH/c1-9(7-22-8-14(16,17)18)20-12(21)13(2,19)10-3-5-11(15)6-4-10;/h3-6,9H,7-8,19H2,1-2H3,(H,20,21);1H. The van der Waals surface area contributed by atoms with Crippen LogP contribution in [0, 0.1) is 0 Å². The van der Waals surface area contributed by atoms with E-state index in [1.54, 1.807) is 31.2 Å². The number of carbonyl (C=O) groups is 1. The van der Waals surface area contributed by atoms with Crippen LogP contribution in [-0.4, -0.2) is 31.3 Å². The van der Waals surface area contributed by atoms with Gasteiger partial charge in [-0.2, -0.15) is 13.2 Å². The van der Waals surface area contributed by atoms with E-state index in [4.69, 9.17) is 5.73 Å². The molecule has 1 aromatic rings. The van der Waals surface area contributed by atoms with Gasteiger partial charge in [-0.15, -0.1) is 12.4 Å². The summed E-state index contributed by atoms with van der Waals surface area (Å²) in [5, 5.41) is 2.55. The fourth-order valence-electron chi connectivity index (χ4n) is 1.69. The molecule has 1 amide bonds. The number of nitrogens with two attached hydrogens (primary N) is 1. The van der Waals surface area contributed by atoms with E-state index in [0.29, 0.717) is 5.56 Å². The molecule has 2 unspecified atom stereocenters. The second-order valence-electron chi connectivity index (χ2n) is 5.21. The topological polar surface area (TPSA) is 64.3 Å². The maximum absolute atomic E-state index is 12.2. The molecule has 23 heavy (non-hydrogen) atoms. The molecular weight excluding hydrogens is 401 g/mol. The average Bonchev–Trinajstić information content (AvgIpc) is 2.37. The summed E-state index contributed by atoms with van der Waals surface area (Å²) in [6, 6.07) is 6.32. The summed E-state index contributed by atoms with van der Waals surface area (Å²) in [7, 11) is 0. The van der Waals surface area contributed by atoms with Crippen LogP contribution in [-0.2, 0) is 15.1 Å². The van der Waals surface area contributed by atoms with Crippen LogP contribution < -0.4 is 11.1 Å². The summed E-state index contributed by atoms with van der Waals surface area (Å²) < 4.78 is 41.3. The zero-order chi connectivity index (χ0) is 17.0. The molecule has 0 fully saturated rings. The Balaban J connectivity index is 0.00000484. The summed E-state index contributed by atoms with van der Waals surface area (Å²) in [6.07, 6.45) is -4.39. The molecule has 132 valence electrons. The van der Waals surface area contributed by atoms with Gasteiger partial charge in [0.05, 0.1) is 6.61 Å². The first-order chi connectivity index (χ1) is 10.0. The zero-order valence-electron chi connectivity index (χ0n) is 12.6. The van der Waals surface area contributed by atoms with Crippen LogP contribution in [0.4, 0.5) is 13.2 Å². The number of nitrogens with one attached hydrogen (secondary N) is 1. The van der Waals surface area contributed by atoms with Gasteiger partial charge in [-0.05, 0) is 31.5 Å². The fraction of sp³-hybridized carbons (Fsp3) is 0.500. The van der Waals surface area contributed by atoms with Gasteiger partial charge in [0.1, 0.15) is 12.1 Å². The predicted octanol–water partition coefficient (Wildman–Crippen LogP) is 3.13. The zero-order valence-corrected chi connectivity index (χ0v) is 15.0. The van der Waals surface area contributed by atoms with E-state index in [9.17, 15) is 18.0 Å². The third-order valence-corrected chi connectivity index (χ3v) is 3.46. The van der Waals surface area contributed by atoms with Gasteiger partial charge in [0.25, 0.3) is 0 Å². The van der Waals surface area contributed by atoms with Gasteiger partial charge >= 0.3 is 6.18 Å². The minimum atomic E-state index is -4.39. The lowest BCUT2D eigenvalue weighted by molar-refractivity contribution is -0.175. The summed E-state index contributed by atoms with van der Waals surface area (Å²) >= 11 is 3.28. The number of halogens is 5. The van der Waals surface area contributed by atoms with Gasteiger partial charge in [0.15, 0.2) is 0 Å². The average molecular weight is 420 g/mol. The van der Waals surface area contributed by atoms with Crippen molar-refractivity contribution in [3.63, 3.8) is 0 Å². The number of ether oxygens (including phenoxy) is 1. The Bertz CT molecular complexity index is 510. The minimum absolute atomic E-state index is 0. The van der Waals surface area contributed by atoms with Crippen molar-refractivity contribution in [3.05, 3.63) is 34.3 Å². The highest BCUT2D eigenvalue weighted by Gasteiger charge is 2.32. The van der Waals surface area contributed by atoms with Crippen molar-refractivity contribution in [2.75, 3.05) is 13.2 Å². The number of hydrogen-bond donors (Lipinski definition) is 2. The molecule has 0 spiro atoms. The molecule has 0 aliphatic carbocycles. The molecule has 9 heteroatoms. The normalized spacial score (nSPS) is 15.3. The lowest BCUT2D eigenvalue weighted by atomic mass is 9.92. The molecule has 4 nitrogen and oxygen atoms in total. The molecule has 0 bridgehead atoms. The Kier molecular flexibility index (Phi) is 8.54. The number of hydrogen-bond acceptors (Lipinski definition) is 3. The van der Waals surface area contributed by atoms with Crippen LogP contribution in [0.5, 0.6) is 0 Å². The van der Waals surface area contributed by atoms with Crippen LogP contribution in [0.3, 0.4) is 0 Å². The molecule has 1 rings (SSSR count). The van der Waals surface area contributed by atoms with Gasteiger partial charge in [-0.1, -0.05) is 28.1 Å². The van der Waals surface area contributed by atoms with Crippen LogP contribution >= 0.6 is 28.3 Å². The highest BCUT2D eigenvalue weighted by Crippen LogP contribution is 2.21. The second kappa shape index (κ2) is 8.86. The monoisotopic (exact) mass is 418 g/mol. The van der Waals surface area contributed by atoms with Crippen molar-refractivity contribution in [2.45, 2.75) is 31.6 Å².